The Balaban J connectivity index is 4.08. The van der Waals surface area contributed by atoms with E-state index in [2.05, 4.69) is 24.7 Å². The van der Waals surface area contributed by atoms with E-state index in [1.807, 2.05) is 0 Å². The van der Waals surface area contributed by atoms with Gasteiger partial charge in [0.15, 0.2) is 4.63 Å². The average Bonchev–Trinajstić information content (AvgIpc) is 2.40. The molecule has 0 aromatic carbocycles. The maximum Gasteiger partial charge on any atom is 0.196 e. The Morgan fingerprint density at radius 3 is 2.19 bits per heavy atom. The van der Waals surface area contributed by atoms with Crippen molar-refractivity contribution >= 4 is 27.8 Å². The molecule has 2 N–H and O–H groups in total. The highest BCUT2D eigenvalue weighted by atomic mass is 35.5. The van der Waals surface area contributed by atoms with Gasteiger partial charge in [0.25, 0.3) is 0 Å². The van der Waals surface area contributed by atoms with Crippen LogP contribution in [-0.2, 0) is 0 Å². The number of allylic oxidation sites excluding steroid dienone is 2. The Kier molecular flexibility index (Phi) is 10.4. The Labute approximate surface area is 137 Å². The van der Waals surface area contributed by atoms with Gasteiger partial charge in [-0.1, -0.05) is 30.9 Å². The molecule has 0 aromatic rings. The second-order valence-corrected chi connectivity index (χ2v) is 5.87. The lowest BCUT2D eigenvalue weighted by Crippen LogP contribution is -2.13. The molecule has 0 bridgehead atoms. The third-order valence-electron chi connectivity index (χ3n) is 3.00. The van der Waals surface area contributed by atoms with E-state index < -0.39 is 12.2 Å². The molecule has 3 nitrogen and oxygen atoms in total. The van der Waals surface area contributed by atoms with E-state index in [9.17, 15) is 10.2 Å². The highest BCUT2D eigenvalue weighted by molar-refractivity contribution is 6.95. The molecule has 21 heavy (non-hydrogen) atoms. The number of aliphatic hydroxyl groups excluding tert-OH is 2. The van der Waals surface area contributed by atoms with Gasteiger partial charge in [-0.3, -0.25) is 0 Å². The van der Waals surface area contributed by atoms with Crippen LogP contribution in [0.25, 0.3) is 0 Å². The van der Waals surface area contributed by atoms with Gasteiger partial charge in [-0.25, -0.2) is 4.99 Å². The summed E-state index contributed by atoms with van der Waals surface area (Å²) in [7, 11) is 0. The van der Waals surface area contributed by atoms with E-state index in [-0.39, 0.29) is 4.63 Å². The second kappa shape index (κ2) is 10.8. The standard InChI is InChI=1S/C16H23Cl2NO2/c1-11(2)14(20)8-6-13(4)15(21)7-5-12(3)9-10-19-16(17)18/h9-10,14-15,20-21H,1,3-8H2,2H3. The van der Waals surface area contributed by atoms with E-state index in [0.717, 1.165) is 5.57 Å². The maximum atomic E-state index is 9.99. The van der Waals surface area contributed by atoms with Crippen molar-refractivity contribution in [2.45, 2.75) is 44.8 Å². The van der Waals surface area contributed by atoms with Gasteiger partial charge < -0.3 is 10.2 Å². The van der Waals surface area contributed by atoms with Crippen LogP contribution in [0.5, 0.6) is 0 Å². The van der Waals surface area contributed by atoms with Crippen LogP contribution >= 0.6 is 23.2 Å². The topological polar surface area (TPSA) is 52.8 Å². The van der Waals surface area contributed by atoms with Gasteiger partial charge in [0, 0.05) is 6.20 Å². The molecule has 0 saturated heterocycles. The fourth-order valence-corrected chi connectivity index (χ4v) is 1.66. The zero-order valence-electron chi connectivity index (χ0n) is 12.4. The Morgan fingerprint density at radius 1 is 1.10 bits per heavy atom. The van der Waals surface area contributed by atoms with Crippen molar-refractivity contribution in [1.29, 1.82) is 0 Å². The van der Waals surface area contributed by atoms with Crippen molar-refractivity contribution < 1.29 is 10.2 Å². The third kappa shape index (κ3) is 10.5. The molecule has 118 valence electrons. The van der Waals surface area contributed by atoms with Crippen molar-refractivity contribution in [3.63, 3.8) is 0 Å². The monoisotopic (exact) mass is 331 g/mol. The predicted molar refractivity (Wildman–Crippen MR) is 91.9 cm³/mol. The van der Waals surface area contributed by atoms with Gasteiger partial charge in [-0.15, -0.1) is 0 Å². The summed E-state index contributed by atoms with van der Waals surface area (Å²) in [4.78, 5) is 3.68. The minimum absolute atomic E-state index is 0.0662. The molecular formula is C16H23Cl2NO2. The minimum Gasteiger partial charge on any atom is -0.389 e. The quantitative estimate of drug-likeness (QED) is 0.356. The van der Waals surface area contributed by atoms with Crippen LogP contribution in [0, 0.1) is 0 Å². The third-order valence-corrected chi connectivity index (χ3v) is 3.20. The number of hydrogen-bond donors (Lipinski definition) is 2. The zero-order valence-corrected chi connectivity index (χ0v) is 13.9. The number of rotatable bonds is 10. The zero-order chi connectivity index (χ0) is 16.4. The van der Waals surface area contributed by atoms with Crippen molar-refractivity contribution in [2.24, 2.45) is 4.99 Å². The fourth-order valence-electron chi connectivity index (χ4n) is 1.54. The van der Waals surface area contributed by atoms with Crippen LogP contribution in [0.4, 0.5) is 0 Å². The van der Waals surface area contributed by atoms with E-state index in [1.165, 1.54) is 6.20 Å². The summed E-state index contributed by atoms with van der Waals surface area (Å²) in [5, 5.41) is 19.6. The van der Waals surface area contributed by atoms with E-state index in [1.54, 1.807) is 13.0 Å². The molecule has 0 aliphatic rings. The predicted octanol–water partition coefficient (Wildman–Crippen LogP) is 4.30. The Bertz CT molecular complexity index is 438. The summed E-state index contributed by atoms with van der Waals surface area (Å²) >= 11 is 10.7. The first-order valence-electron chi connectivity index (χ1n) is 6.66. The molecule has 0 heterocycles. The fraction of sp³-hybridized carbons (Fsp3) is 0.438. The molecule has 0 spiro atoms. The molecule has 0 aliphatic carbocycles. The lowest BCUT2D eigenvalue weighted by molar-refractivity contribution is 0.179. The number of halogens is 2. The van der Waals surface area contributed by atoms with Crippen LogP contribution in [0.15, 0.2) is 53.7 Å². The van der Waals surface area contributed by atoms with E-state index in [0.29, 0.717) is 36.8 Å². The first-order valence-corrected chi connectivity index (χ1v) is 7.42. The highest BCUT2D eigenvalue weighted by Crippen LogP contribution is 2.18. The van der Waals surface area contributed by atoms with E-state index >= 15 is 0 Å². The molecule has 0 rings (SSSR count). The first-order chi connectivity index (χ1) is 9.73. The summed E-state index contributed by atoms with van der Waals surface area (Å²) in [5.41, 5.74) is 2.23. The van der Waals surface area contributed by atoms with Gasteiger partial charge >= 0.3 is 0 Å². The average molecular weight is 332 g/mol. The van der Waals surface area contributed by atoms with Gasteiger partial charge in [0.2, 0.25) is 0 Å². The van der Waals surface area contributed by atoms with Crippen molar-refractivity contribution in [1.82, 2.24) is 0 Å². The SMILES string of the molecule is C=C(C=CN=C(Cl)Cl)CCC(O)C(=C)CCC(O)C(=C)C. The molecule has 0 aliphatic heterocycles. The molecule has 0 aromatic heterocycles. The number of aliphatic hydroxyl groups is 2. The van der Waals surface area contributed by atoms with Crippen LogP contribution in [0.2, 0.25) is 0 Å². The highest BCUT2D eigenvalue weighted by Gasteiger charge is 2.11. The molecule has 0 amide bonds. The molecule has 2 unspecified atom stereocenters. The molecule has 5 heteroatoms. The van der Waals surface area contributed by atoms with Gasteiger partial charge in [-0.2, -0.15) is 0 Å². The van der Waals surface area contributed by atoms with Crippen molar-refractivity contribution in [2.75, 3.05) is 0 Å². The number of hydrogen-bond acceptors (Lipinski definition) is 3. The summed E-state index contributed by atoms with van der Waals surface area (Å²) in [6, 6.07) is 0. The lowest BCUT2D eigenvalue weighted by Gasteiger charge is -2.16. The van der Waals surface area contributed by atoms with Crippen LogP contribution in [0.1, 0.15) is 32.6 Å². The summed E-state index contributed by atoms with van der Waals surface area (Å²) in [6.45, 7) is 13.2. The maximum absolute atomic E-state index is 9.99. The second-order valence-electron chi connectivity index (χ2n) is 4.96. The van der Waals surface area contributed by atoms with E-state index in [4.69, 9.17) is 23.2 Å². The summed E-state index contributed by atoms with van der Waals surface area (Å²) < 4.78 is -0.0662. The molecule has 2 atom stereocenters. The van der Waals surface area contributed by atoms with Crippen molar-refractivity contribution in [3.8, 4) is 0 Å². The molecular weight excluding hydrogens is 309 g/mol. The number of nitrogens with zero attached hydrogens (tertiary/aromatic N) is 1. The smallest absolute Gasteiger partial charge is 0.196 e. The van der Waals surface area contributed by atoms with Crippen LogP contribution in [0.3, 0.4) is 0 Å². The Hall–Kier alpha value is -0.870. The lowest BCUT2D eigenvalue weighted by atomic mass is 9.97. The first kappa shape index (κ1) is 20.1. The van der Waals surface area contributed by atoms with Gasteiger partial charge in [-0.05, 0) is 67.5 Å². The molecule has 0 fully saturated rings. The van der Waals surface area contributed by atoms with Crippen LogP contribution < -0.4 is 0 Å². The van der Waals surface area contributed by atoms with Gasteiger partial charge in [0.05, 0.1) is 12.2 Å². The normalized spacial score (nSPS) is 13.8. The molecule has 0 radical (unpaired) electrons. The largest absolute Gasteiger partial charge is 0.389 e. The van der Waals surface area contributed by atoms with Crippen molar-refractivity contribution in [3.05, 3.63) is 48.7 Å². The summed E-state index contributed by atoms with van der Waals surface area (Å²) in [6.07, 6.45) is 4.18. The minimum atomic E-state index is -0.618. The van der Waals surface area contributed by atoms with Gasteiger partial charge in [0.1, 0.15) is 0 Å². The summed E-state index contributed by atoms with van der Waals surface area (Å²) in [5.74, 6) is 0. The molecule has 0 saturated carbocycles. The number of aliphatic imine (C=N–C) groups is 1. The van der Waals surface area contributed by atoms with Crippen LogP contribution in [-0.4, -0.2) is 27.1 Å². The Morgan fingerprint density at radius 2 is 1.67 bits per heavy atom.